The first kappa shape index (κ1) is 15.9. The van der Waals surface area contributed by atoms with Crippen molar-refractivity contribution in [2.24, 2.45) is 0 Å². The molecular formula is C19H15F3N2O. The summed E-state index contributed by atoms with van der Waals surface area (Å²) in [7, 11) is 0. The molecule has 6 heteroatoms. The molecule has 1 aliphatic rings. The summed E-state index contributed by atoms with van der Waals surface area (Å²) >= 11 is 0. The van der Waals surface area contributed by atoms with Crippen LogP contribution in [0, 0.1) is 0 Å². The predicted molar refractivity (Wildman–Crippen MR) is 89.3 cm³/mol. The highest BCUT2D eigenvalue weighted by Crippen LogP contribution is 2.37. The van der Waals surface area contributed by atoms with Crippen molar-refractivity contribution in [3.8, 4) is 0 Å². The number of alkyl halides is 3. The Morgan fingerprint density at radius 3 is 2.56 bits per heavy atom. The SMILES string of the molecule is FC(F)(F)c1cccc(C2(Nc3ccc4cccnc4c3)COC2)c1. The highest BCUT2D eigenvalue weighted by Gasteiger charge is 2.42. The molecule has 0 spiro atoms. The number of fused-ring (bicyclic) bond motifs is 1. The zero-order valence-corrected chi connectivity index (χ0v) is 13.2. The Kier molecular flexibility index (Phi) is 3.65. The molecule has 128 valence electrons. The van der Waals surface area contributed by atoms with Crippen molar-refractivity contribution in [2.45, 2.75) is 11.7 Å². The summed E-state index contributed by atoms with van der Waals surface area (Å²) in [4.78, 5) is 4.31. The third-order valence-electron chi connectivity index (χ3n) is 4.43. The molecule has 2 heterocycles. The highest BCUT2D eigenvalue weighted by atomic mass is 19.4. The molecule has 1 saturated heterocycles. The van der Waals surface area contributed by atoms with Crippen LogP contribution >= 0.6 is 0 Å². The van der Waals surface area contributed by atoms with Crippen molar-refractivity contribution in [3.63, 3.8) is 0 Å². The molecule has 1 fully saturated rings. The molecule has 0 bridgehead atoms. The van der Waals surface area contributed by atoms with E-state index >= 15 is 0 Å². The van der Waals surface area contributed by atoms with Gasteiger partial charge in [0.1, 0.15) is 5.54 Å². The number of ether oxygens (including phenoxy) is 1. The molecule has 0 unspecified atom stereocenters. The molecule has 25 heavy (non-hydrogen) atoms. The van der Waals surface area contributed by atoms with Gasteiger partial charge in [0.05, 0.1) is 24.3 Å². The number of hydrogen-bond donors (Lipinski definition) is 1. The molecule has 3 aromatic rings. The summed E-state index contributed by atoms with van der Waals surface area (Å²) in [6.45, 7) is 0.628. The molecule has 1 N–H and O–H groups in total. The predicted octanol–water partition coefficient (Wildman–Crippen LogP) is 4.59. The Labute approximate surface area is 142 Å². The van der Waals surface area contributed by atoms with E-state index < -0.39 is 17.3 Å². The smallest absolute Gasteiger partial charge is 0.376 e. The van der Waals surface area contributed by atoms with Crippen molar-refractivity contribution < 1.29 is 17.9 Å². The van der Waals surface area contributed by atoms with Crippen molar-refractivity contribution in [2.75, 3.05) is 18.5 Å². The fourth-order valence-corrected chi connectivity index (χ4v) is 3.03. The number of benzene rings is 2. The molecule has 0 aliphatic carbocycles. The van der Waals surface area contributed by atoms with E-state index in [1.54, 1.807) is 12.3 Å². The quantitative estimate of drug-likeness (QED) is 0.754. The standard InChI is InChI=1S/C19H15F3N2O/c20-19(21,22)15-5-1-4-14(9-15)18(11-25-12-18)24-16-7-6-13-3-2-8-23-17(13)10-16/h1-10,24H,11-12H2. The second kappa shape index (κ2) is 5.74. The Morgan fingerprint density at radius 1 is 1.00 bits per heavy atom. The first-order valence-corrected chi connectivity index (χ1v) is 7.85. The largest absolute Gasteiger partial charge is 0.416 e. The number of hydrogen-bond acceptors (Lipinski definition) is 3. The maximum absolute atomic E-state index is 13.0. The first-order chi connectivity index (χ1) is 12.0. The lowest BCUT2D eigenvalue weighted by atomic mass is 9.86. The number of halogens is 3. The molecule has 0 atom stereocenters. The third-order valence-corrected chi connectivity index (χ3v) is 4.43. The van der Waals surface area contributed by atoms with Gasteiger partial charge in [-0.15, -0.1) is 0 Å². The molecular weight excluding hydrogens is 329 g/mol. The molecule has 1 aromatic heterocycles. The van der Waals surface area contributed by atoms with E-state index in [1.807, 2.05) is 30.3 Å². The van der Waals surface area contributed by atoms with Crippen molar-refractivity contribution >= 4 is 16.6 Å². The third kappa shape index (κ3) is 2.93. The van der Waals surface area contributed by atoms with Crippen LogP contribution in [0.5, 0.6) is 0 Å². The number of aromatic nitrogens is 1. The van der Waals surface area contributed by atoms with E-state index in [4.69, 9.17) is 4.74 Å². The van der Waals surface area contributed by atoms with Gasteiger partial charge in [-0.2, -0.15) is 13.2 Å². The van der Waals surface area contributed by atoms with Crippen LogP contribution in [0.15, 0.2) is 60.8 Å². The van der Waals surface area contributed by atoms with Gasteiger partial charge in [0, 0.05) is 17.3 Å². The monoisotopic (exact) mass is 344 g/mol. The fraction of sp³-hybridized carbons (Fsp3) is 0.211. The van der Waals surface area contributed by atoms with Crippen molar-refractivity contribution in [1.29, 1.82) is 0 Å². The fourth-order valence-electron chi connectivity index (χ4n) is 3.03. The van der Waals surface area contributed by atoms with E-state index in [9.17, 15) is 13.2 Å². The van der Waals surface area contributed by atoms with Gasteiger partial charge in [0.15, 0.2) is 0 Å². The minimum Gasteiger partial charge on any atom is -0.376 e. The summed E-state index contributed by atoms with van der Waals surface area (Å²) in [5, 5.41) is 4.35. The molecule has 0 saturated carbocycles. The van der Waals surface area contributed by atoms with Gasteiger partial charge in [-0.3, -0.25) is 4.98 Å². The Hall–Kier alpha value is -2.60. The first-order valence-electron chi connectivity index (χ1n) is 7.85. The van der Waals surface area contributed by atoms with E-state index in [0.717, 1.165) is 22.7 Å². The number of nitrogens with one attached hydrogen (secondary N) is 1. The topological polar surface area (TPSA) is 34.2 Å². The van der Waals surface area contributed by atoms with Gasteiger partial charge in [-0.05, 0) is 35.9 Å². The second-order valence-electron chi connectivity index (χ2n) is 6.19. The summed E-state index contributed by atoms with van der Waals surface area (Å²) in [5.74, 6) is 0. The number of rotatable bonds is 3. The average molecular weight is 344 g/mol. The van der Waals surface area contributed by atoms with Crippen LogP contribution in [0.2, 0.25) is 0 Å². The summed E-state index contributed by atoms with van der Waals surface area (Å²) in [5.41, 5.74) is 0.871. The Balaban J connectivity index is 1.69. The zero-order valence-electron chi connectivity index (χ0n) is 13.2. The van der Waals surface area contributed by atoms with E-state index in [1.165, 1.54) is 12.1 Å². The van der Waals surface area contributed by atoms with E-state index in [-0.39, 0.29) is 0 Å². The van der Waals surface area contributed by atoms with Gasteiger partial charge in [-0.1, -0.05) is 24.3 Å². The van der Waals surface area contributed by atoms with Crippen LogP contribution in [0.1, 0.15) is 11.1 Å². The molecule has 0 amide bonds. The normalized spacial score (nSPS) is 16.4. The van der Waals surface area contributed by atoms with Crippen LogP contribution in [0.3, 0.4) is 0 Å². The van der Waals surface area contributed by atoms with Gasteiger partial charge in [0.25, 0.3) is 0 Å². The lowest BCUT2D eigenvalue weighted by Crippen LogP contribution is -2.53. The molecule has 2 aromatic carbocycles. The Morgan fingerprint density at radius 2 is 1.84 bits per heavy atom. The molecule has 4 rings (SSSR count). The average Bonchev–Trinajstić information content (AvgIpc) is 2.57. The summed E-state index contributed by atoms with van der Waals surface area (Å²) < 4.78 is 44.4. The van der Waals surface area contributed by atoms with Gasteiger partial charge >= 0.3 is 6.18 Å². The number of anilines is 1. The van der Waals surface area contributed by atoms with Gasteiger partial charge < -0.3 is 10.1 Å². The van der Waals surface area contributed by atoms with Crippen LogP contribution in [0.4, 0.5) is 18.9 Å². The molecule has 0 radical (unpaired) electrons. The summed E-state index contributed by atoms with van der Waals surface area (Å²) in [6, 6.07) is 14.9. The highest BCUT2D eigenvalue weighted by molar-refractivity contribution is 5.82. The van der Waals surface area contributed by atoms with Crippen LogP contribution in [-0.2, 0) is 16.5 Å². The minimum absolute atomic E-state index is 0.314. The van der Waals surface area contributed by atoms with Gasteiger partial charge in [-0.25, -0.2) is 0 Å². The number of nitrogens with zero attached hydrogens (tertiary/aromatic N) is 1. The Bertz CT molecular complexity index is 920. The maximum Gasteiger partial charge on any atom is 0.416 e. The second-order valence-corrected chi connectivity index (χ2v) is 6.19. The zero-order chi connectivity index (χ0) is 17.5. The maximum atomic E-state index is 13.0. The van der Waals surface area contributed by atoms with E-state index in [0.29, 0.717) is 18.8 Å². The van der Waals surface area contributed by atoms with Crippen molar-refractivity contribution in [1.82, 2.24) is 4.98 Å². The van der Waals surface area contributed by atoms with Crippen molar-refractivity contribution in [3.05, 3.63) is 71.9 Å². The van der Waals surface area contributed by atoms with Crippen LogP contribution in [-0.4, -0.2) is 18.2 Å². The van der Waals surface area contributed by atoms with Gasteiger partial charge in [0.2, 0.25) is 0 Å². The lowest BCUT2D eigenvalue weighted by molar-refractivity contribution is -0.137. The van der Waals surface area contributed by atoms with E-state index in [2.05, 4.69) is 10.3 Å². The van der Waals surface area contributed by atoms with Crippen LogP contribution in [0.25, 0.3) is 10.9 Å². The molecule has 1 aliphatic heterocycles. The minimum atomic E-state index is -4.37. The number of pyridine rings is 1. The lowest BCUT2D eigenvalue weighted by Gasteiger charge is -2.43. The summed E-state index contributed by atoms with van der Waals surface area (Å²) in [6.07, 6.45) is -2.66. The molecule has 3 nitrogen and oxygen atoms in total. The van der Waals surface area contributed by atoms with Crippen LogP contribution < -0.4 is 5.32 Å².